The first-order chi connectivity index (χ1) is 8.77. The predicted molar refractivity (Wildman–Crippen MR) is 78.2 cm³/mol. The van der Waals surface area contributed by atoms with Gasteiger partial charge in [0.2, 0.25) is 0 Å². The van der Waals surface area contributed by atoms with Crippen molar-refractivity contribution in [3.63, 3.8) is 0 Å². The molecular weight excluding hydrogens is 240 g/mol. The molecule has 3 heterocycles. The summed E-state index contributed by atoms with van der Waals surface area (Å²) in [6.45, 7) is 7.15. The fourth-order valence-corrected chi connectivity index (χ4v) is 4.74. The number of likely N-dealkylation sites (tertiary alicyclic amines) is 1. The van der Waals surface area contributed by atoms with Crippen LogP contribution in [-0.2, 0) is 0 Å². The van der Waals surface area contributed by atoms with E-state index in [1.54, 1.807) is 4.88 Å². The molecule has 3 heteroatoms. The van der Waals surface area contributed by atoms with Gasteiger partial charge < -0.3 is 5.32 Å². The lowest BCUT2D eigenvalue weighted by molar-refractivity contribution is 0.165. The molecule has 1 aromatic rings. The molecule has 3 unspecified atom stereocenters. The first-order valence-electron chi connectivity index (χ1n) is 7.30. The van der Waals surface area contributed by atoms with Crippen LogP contribution in [0.1, 0.15) is 49.1 Å². The van der Waals surface area contributed by atoms with Crippen LogP contribution in [-0.4, -0.2) is 30.1 Å². The van der Waals surface area contributed by atoms with Gasteiger partial charge in [-0.25, -0.2) is 0 Å². The summed E-state index contributed by atoms with van der Waals surface area (Å²) < 4.78 is 0. The summed E-state index contributed by atoms with van der Waals surface area (Å²) in [5, 5.41) is 5.94. The van der Waals surface area contributed by atoms with Crippen molar-refractivity contribution in [2.24, 2.45) is 0 Å². The molecule has 2 aliphatic heterocycles. The average Bonchev–Trinajstić information content (AvgIpc) is 3.09. The van der Waals surface area contributed by atoms with Crippen LogP contribution in [0.25, 0.3) is 0 Å². The molecule has 2 saturated heterocycles. The molecule has 18 heavy (non-hydrogen) atoms. The molecule has 0 aliphatic carbocycles. The SMILES string of the molecule is Cc1ccsc1C(C)N1CCCC1C1CCCN1. The second-order valence-corrected chi connectivity index (χ2v) is 6.74. The van der Waals surface area contributed by atoms with E-state index in [1.807, 2.05) is 11.3 Å². The average molecular weight is 264 g/mol. The van der Waals surface area contributed by atoms with E-state index in [9.17, 15) is 0 Å². The van der Waals surface area contributed by atoms with Crippen LogP contribution < -0.4 is 5.32 Å². The monoisotopic (exact) mass is 264 g/mol. The Labute approximate surface area is 114 Å². The fraction of sp³-hybridized carbons (Fsp3) is 0.733. The van der Waals surface area contributed by atoms with Crippen LogP contribution >= 0.6 is 11.3 Å². The second-order valence-electron chi connectivity index (χ2n) is 5.79. The van der Waals surface area contributed by atoms with Crippen molar-refractivity contribution >= 4 is 11.3 Å². The van der Waals surface area contributed by atoms with Gasteiger partial charge in [-0.15, -0.1) is 11.3 Å². The van der Waals surface area contributed by atoms with E-state index in [-0.39, 0.29) is 0 Å². The van der Waals surface area contributed by atoms with Gasteiger partial charge in [0.15, 0.2) is 0 Å². The molecule has 1 N–H and O–H groups in total. The first-order valence-corrected chi connectivity index (χ1v) is 8.18. The molecule has 100 valence electrons. The van der Waals surface area contributed by atoms with E-state index in [0.29, 0.717) is 6.04 Å². The Bertz CT molecular complexity index is 395. The van der Waals surface area contributed by atoms with E-state index < -0.39 is 0 Å². The number of nitrogens with zero attached hydrogens (tertiary/aromatic N) is 1. The van der Waals surface area contributed by atoms with E-state index in [2.05, 4.69) is 35.5 Å². The minimum absolute atomic E-state index is 0.597. The lowest BCUT2D eigenvalue weighted by Gasteiger charge is -2.34. The minimum atomic E-state index is 0.597. The summed E-state index contributed by atoms with van der Waals surface area (Å²) in [5.74, 6) is 0. The maximum Gasteiger partial charge on any atom is 0.0419 e. The van der Waals surface area contributed by atoms with Gasteiger partial charge in [0, 0.05) is 23.0 Å². The lowest BCUT2D eigenvalue weighted by Crippen LogP contribution is -2.44. The largest absolute Gasteiger partial charge is 0.312 e. The highest BCUT2D eigenvalue weighted by Gasteiger charge is 2.36. The lowest BCUT2D eigenvalue weighted by atomic mass is 10.0. The molecule has 3 rings (SSSR count). The number of rotatable bonds is 3. The van der Waals surface area contributed by atoms with Gasteiger partial charge in [0.05, 0.1) is 0 Å². The molecule has 0 aromatic carbocycles. The van der Waals surface area contributed by atoms with Gasteiger partial charge in [-0.05, 0) is 69.6 Å². The van der Waals surface area contributed by atoms with E-state index in [4.69, 9.17) is 0 Å². The van der Waals surface area contributed by atoms with Crippen molar-refractivity contribution < 1.29 is 0 Å². The predicted octanol–water partition coefficient (Wildman–Crippen LogP) is 3.33. The number of thiophene rings is 1. The smallest absolute Gasteiger partial charge is 0.0419 e. The molecule has 1 aromatic heterocycles. The maximum atomic E-state index is 3.71. The Hall–Kier alpha value is -0.380. The van der Waals surface area contributed by atoms with Gasteiger partial charge in [-0.2, -0.15) is 0 Å². The maximum absolute atomic E-state index is 3.71. The van der Waals surface area contributed by atoms with Crippen LogP contribution in [0.2, 0.25) is 0 Å². The van der Waals surface area contributed by atoms with Crippen molar-refractivity contribution in [3.05, 3.63) is 21.9 Å². The molecule has 0 amide bonds. The zero-order chi connectivity index (χ0) is 12.5. The Morgan fingerprint density at radius 1 is 1.39 bits per heavy atom. The van der Waals surface area contributed by atoms with Gasteiger partial charge >= 0.3 is 0 Å². The van der Waals surface area contributed by atoms with Crippen molar-refractivity contribution in [1.29, 1.82) is 0 Å². The molecule has 2 nitrogen and oxygen atoms in total. The molecular formula is C15H24N2S. The highest BCUT2D eigenvalue weighted by atomic mass is 32.1. The van der Waals surface area contributed by atoms with E-state index in [1.165, 1.54) is 44.3 Å². The summed E-state index contributed by atoms with van der Waals surface area (Å²) in [6, 6.07) is 4.37. The van der Waals surface area contributed by atoms with Crippen LogP contribution in [0.5, 0.6) is 0 Å². The molecule has 2 aliphatic rings. The normalized spacial score (nSPS) is 31.0. The highest BCUT2D eigenvalue weighted by Crippen LogP contribution is 2.35. The second kappa shape index (κ2) is 5.32. The first kappa shape index (κ1) is 12.6. The summed E-state index contributed by atoms with van der Waals surface area (Å²) in [4.78, 5) is 4.32. The van der Waals surface area contributed by atoms with Gasteiger partial charge in [0.25, 0.3) is 0 Å². The van der Waals surface area contributed by atoms with Gasteiger partial charge in [-0.3, -0.25) is 4.90 Å². The zero-order valence-corrected chi connectivity index (χ0v) is 12.3. The van der Waals surface area contributed by atoms with Crippen molar-refractivity contribution in [2.75, 3.05) is 13.1 Å². The van der Waals surface area contributed by atoms with Gasteiger partial charge in [-0.1, -0.05) is 0 Å². The Kier molecular flexibility index (Phi) is 3.73. The third kappa shape index (κ3) is 2.24. The fourth-order valence-electron chi connectivity index (χ4n) is 3.73. The molecule has 0 bridgehead atoms. The summed E-state index contributed by atoms with van der Waals surface area (Å²) >= 11 is 1.93. The Morgan fingerprint density at radius 3 is 2.94 bits per heavy atom. The molecule has 2 fully saturated rings. The van der Waals surface area contributed by atoms with Crippen LogP contribution in [0.4, 0.5) is 0 Å². The van der Waals surface area contributed by atoms with Crippen molar-refractivity contribution in [1.82, 2.24) is 10.2 Å². The molecule has 0 saturated carbocycles. The van der Waals surface area contributed by atoms with Crippen molar-refractivity contribution in [2.45, 2.75) is 57.7 Å². The van der Waals surface area contributed by atoms with Crippen LogP contribution in [0, 0.1) is 6.92 Å². The third-order valence-corrected chi connectivity index (χ3v) is 5.87. The Balaban J connectivity index is 1.76. The summed E-state index contributed by atoms with van der Waals surface area (Å²) in [7, 11) is 0. The number of hydrogen-bond donors (Lipinski definition) is 1. The van der Waals surface area contributed by atoms with Crippen molar-refractivity contribution in [3.8, 4) is 0 Å². The topological polar surface area (TPSA) is 15.3 Å². The Morgan fingerprint density at radius 2 is 2.28 bits per heavy atom. The minimum Gasteiger partial charge on any atom is -0.312 e. The number of hydrogen-bond acceptors (Lipinski definition) is 3. The van der Waals surface area contributed by atoms with E-state index >= 15 is 0 Å². The molecule has 0 radical (unpaired) electrons. The quantitative estimate of drug-likeness (QED) is 0.901. The van der Waals surface area contributed by atoms with Gasteiger partial charge in [0.1, 0.15) is 0 Å². The molecule has 3 atom stereocenters. The number of nitrogens with one attached hydrogen (secondary N) is 1. The summed E-state index contributed by atoms with van der Waals surface area (Å²) in [5.41, 5.74) is 1.47. The summed E-state index contributed by atoms with van der Waals surface area (Å²) in [6.07, 6.45) is 5.49. The zero-order valence-electron chi connectivity index (χ0n) is 11.5. The van der Waals surface area contributed by atoms with Crippen LogP contribution in [0.15, 0.2) is 11.4 Å². The standard InChI is InChI=1S/C15H24N2S/c1-11-7-10-18-15(11)12(2)17-9-4-6-14(17)13-5-3-8-16-13/h7,10,12-14,16H,3-6,8-9H2,1-2H3. The molecule has 0 spiro atoms. The highest BCUT2D eigenvalue weighted by molar-refractivity contribution is 7.10. The van der Waals surface area contributed by atoms with E-state index in [0.717, 1.165) is 12.1 Å². The van der Waals surface area contributed by atoms with Crippen LogP contribution in [0.3, 0.4) is 0 Å². The number of aryl methyl sites for hydroxylation is 1. The third-order valence-electron chi connectivity index (χ3n) is 4.68.